The summed E-state index contributed by atoms with van der Waals surface area (Å²) in [7, 11) is 3.06. The van der Waals surface area contributed by atoms with Crippen LogP contribution in [-0.2, 0) is 11.3 Å². The number of nitrogens with one attached hydrogen (secondary N) is 1. The predicted molar refractivity (Wildman–Crippen MR) is 66.2 cm³/mol. The largest absolute Gasteiger partial charge is 0.494 e. The molecule has 1 aromatic rings. The topological polar surface area (TPSA) is 30.5 Å². The highest BCUT2D eigenvalue weighted by molar-refractivity contribution is 6.18. The Morgan fingerprint density at radius 3 is 2.71 bits per heavy atom. The van der Waals surface area contributed by atoms with Gasteiger partial charge in [-0.3, -0.25) is 0 Å². The second-order valence-electron chi connectivity index (χ2n) is 3.66. The molecule has 0 fully saturated rings. The maximum Gasteiger partial charge on any atom is 0.165 e. The van der Waals surface area contributed by atoms with Gasteiger partial charge in [-0.1, -0.05) is 6.07 Å². The number of benzene rings is 1. The molecule has 3 nitrogen and oxygen atoms in total. The molecule has 17 heavy (non-hydrogen) atoms. The fourth-order valence-electron chi connectivity index (χ4n) is 1.44. The number of rotatable bonds is 7. The third-order valence-electron chi connectivity index (χ3n) is 2.37. The third-order valence-corrected chi connectivity index (χ3v) is 2.74. The van der Waals surface area contributed by atoms with E-state index in [1.54, 1.807) is 13.2 Å². The van der Waals surface area contributed by atoms with Crippen molar-refractivity contribution in [2.75, 3.05) is 26.7 Å². The van der Waals surface area contributed by atoms with Crippen LogP contribution in [0.1, 0.15) is 5.56 Å². The molecule has 0 spiro atoms. The molecule has 1 aromatic carbocycles. The summed E-state index contributed by atoms with van der Waals surface area (Å²) in [5.41, 5.74) is 0.842. The lowest BCUT2D eigenvalue weighted by Crippen LogP contribution is -2.34. The Hall–Kier alpha value is -0.840. The highest BCUT2D eigenvalue weighted by Gasteiger charge is 2.07. The zero-order valence-corrected chi connectivity index (χ0v) is 10.8. The summed E-state index contributed by atoms with van der Waals surface area (Å²) in [6, 6.07) is 4.93. The van der Waals surface area contributed by atoms with Crippen LogP contribution in [0.3, 0.4) is 0 Å². The lowest BCUT2D eigenvalue weighted by Gasteiger charge is -2.15. The second-order valence-corrected chi connectivity index (χ2v) is 3.96. The van der Waals surface area contributed by atoms with Gasteiger partial charge in [-0.25, -0.2) is 4.39 Å². The van der Waals surface area contributed by atoms with E-state index >= 15 is 0 Å². The van der Waals surface area contributed by atoms with Crippen molar-refractivity contribution in [1.29, 1.82) is 0 Å². The molecule has 96 valence electrons. The Bertz CT molecular complexity index is 349. The van der Waals surface area contributed by atoms with E-state index in [0.717, 1.165) is 5.56 Å². The lowest BCUT2D eigenvalue weighted by atomic mass is 10.2. The molecule has 0 saturated carbocycles. The molecule has 0 saturated heterocycles. The van der Waals surface area contributed by atoms with Gasteiger partial charge in [-0.05, 0) is 17.7 Å². The van der Waals surface area contributed by atoms with Crippen LogP contribution in [0.2, 0.25) is 0 Å². The average molecular weight is 262 g/mol. The Morgan fingerprint density at radius 1 is 1.41 bits per heavy atom. The first-order chi connectivity index (χ1) is 8.21. The van der Waals surface area contributed by atoms with E-state index in [4.69, 9.17) is 21.1 Å². The zero-order valence-electron chi connectivity index (χ0n) is 10.0. The van der Waals surface area contributed by atoms with Crippen LogP contribution >= 0.6 is 11.6 Å². The van der Waals surface area contributed by atoms with E-state index in [0.29, 0.717) is 19.0 Å². The zero-order chi connectivity index (χ0) is 12.7. The smallest absolute Gasteiger partial charge is 0.165 e. The molecule has 0 amide bonds. The van der Waals surface area contributed by atoms with E-state index in [9.17, 15) is 4.39 Å². The quantitative estimate of drug-likeness (QED) is 0.763. The highest BCUT2D eigenvalue weighted by atomic mass is 35.5. The van der Waals surface area contributed by atoms with Crippen LogP contribution in [0, 0.1) is 5.82 Å². The SMILES string of the molecule is COCC(CCl)NCc1ccc(OC)c(F)c1. The summed E-state index contributed by atoms with van der Waals surface area (Å²) in [5.74, 6) is 0.340. The number of alkyl halides is 1. The normalized spacial score (nSPS) is 12.5. The van der Waals surface area contributed by atoms with Gasteiger partial charge in [0.2, 0.25) is 0 Å². The van der Waals surface area contributed by atoms with Crippen molar-refractivity contribution in [3.8, 4) is 5.75 Å². The van der Waals surface area contributed by atoms with Gasteiger partial charge in [-0.2, -0.15) is 0 Å². The maximum absolute atomic E-state index is 13.4. The molecular weight excluding hydrogens is 245 g/mol. The fourth-order valence-corrected chi connectivity index (χ4v) is 1.64. The van der Waals surface area contributed by atoms with Gasteiger partial charge in [0.25, 0.3) is 0 Å². The van der Waals surface area contributed by atoms with E-state index in [-0.39, 0.29) is 17.6 Å². The van der Waals surface area contributed by atoms with E-state index in [2.05, 4.69) is 5.32 Å². The van der Waals surface area contributed by atoms with Gasteiger partial charge in [0.05, 0.1) is 13.7 Å². The van der Waals surface area contributed by atoms with Crippen molar-refractivity contribution in [3.05, 3.63) is 29.6 Å². The molecule has 5 heteroatoms. The summed E-state index contributed by atoms with van der Waals surface area (Å²) in [6.07, 6.45) is 0. The van der Waals surface area contributed by atoms with Crippen molar-refractivity contribution in [2.45, 2.75) is 12.6 Å². The van der Waals surface area contributed by atoms with Crippen molar-refractivity contribution in [1.82, 2.24) is 5.32 Å². The van der Waals surface area contributed by atoms with E-state index in [1.807, 2.05) is 6.07 Å². The number of ether oxygens (including phenoxy) is 2. The van der Waals surface area contributed by atoms with Gasteiger partial charge >= 0.3 is 0 Å². The molecule has 0 bridgehead atoms. The molecule has 1 N–H and O–H groups in total. The molecule has 0 aromatic heterocycles. The molecule has 0 radical (unpaired) electrons. The van der Waals surface area contributed by atoms with Crippen LogP contribution in [0.5, 0.6) is 5.75 Å². The number of methoxy groups -OCH3 is 2. The summed E-state index contributed by atoms with van der Waals surface area (Å²) in [5, 5.41) is 3.19. The minimum atomic E-state index is -0.360. The Labute approximate surface area is 106 Å². The first kappa shape index (κ1) is 14.2. The fraction of sp³-hybridized carbons (Fsp3) is 0.500. The first-order valence-corrected chi connectivity index (χ1v) is 5.85. The molecule has 0 aliphatic rings. The molecule has 0 aliphatic heterocycles. The maximum atomic E-state index is 13.4. The first-order valence-electron chi connectivity index (χ1n) is 5.32. The summed E-state index contributed by atoms with van der Waals surface area (Å²) in [4.78, 5) is 0. The monoisotopic (exact) mass is 261 g/mol. The van der Waals surface area contributed by atoms with Crippen molar-refractivity contribution < 1.29 is 13.9 Å². The predicted octanol–water partition coefficient (Wildman–Crippen LogP) is 2.18. The Morgan fingerprint density at radius 2 is 2.18 bits per heavy atom. The average Bonchev–Trinajstić information content (AvgIpc) is 2.34. The molecule has 1 atom stereocenters. The molecule has 0 heterocycles. The van der Waals surface area contributed by atoms with E-state index < -0.39 is 0 Å². The molecule has 0 aliphatic carbocycles. The lowest BCUT2D eigenvalue weighted by molar-refractivity contribution is 0.172. The van der Waals surface area contributed by atoms with Crippen molar-refractivity contribution in [2.24, 2.45) is 0 Å². The highest BCUT2D eigenvalue weighted by Crippen LogP contribution is 2.17. The van der Waals surface area contributed by atoms with Crippen molar-refractivity contribution in [3.63, 3.8) is 0 Å². The number of hydrogen-bond donors (Lipinski definition) is 1. The van der Waals surface area contributed by atoms with Gasteiger partial charge in [0.1, 0.15) is 0 Å². The third kappa shape index (κ3) is 4.50. The van der Waals surface area contributed by atoms with Crippen LogP contribution in [-0.4, -0.2) is 32.7 Å². The summed E-state index contributed by atoms with van der Waals surface area (Å²) >= 11 is 5.75. The van der Waals surface area contributed by atoms with Gasteiger partial charge in [0.15, 0.2) is 11.6 Å². The van der Waals surface area contributed by atoms with Crippen LogP contribution in [0.15, 0.2) is 18.2 Å². The van der Waals surface area contributed by atoms with E-state index in [1.165, 1.54) is 13.2 Å². The van der Waals surface area contributed by atoms with Gasteiger partial charge in [-0.15, -0.1) is 11.6 Å². The molecular formula is C12H17ClFNO2. The van der Waals surface area contributed by atoms with Crippen LogP contribution in [0.25, 0.3) is 0 Å². The van der Waals surface area contributed by atoms with Crippen LogP contribution in [0.4, 0.5) is 4.39 Å². The summed E-state index contributed by atoms with van der Waals surface area (Å²) < 4.78 is 23.3. The summed E-state index contributed by atoms with van der Waals surface area (Å²) in [6.45, 7) is 1.07. The molecule has 1 rings (SSSR count). The molecule has 1 unspecified atom stereocenters. The van der Waals surface area contributed by atoms with Crippen molar-refractivity contribution >= 4 is 11.6 Å². The minimum absolute atomic E-state index is 0.0619. The second kappa shape index (κ2) is 7.48. The Kier molecular flexibility index (Phi) is 6.26. The Balaban J connectivity index is 2.54. The number of halogens is 2. The van der Waals surface area contributed by atoms with Gasteiger partial charge in [0, 0.05) is 25.6 Å². The van der Waals surface area contributed by atoms with Crippen LogP contribution < -0.4 is 10.1 Å². The standard InChI is InChI=1S/C12H17ClFNO2/c1-16-8-10(6-13)15-7-9-3-4-12(17-2)11(14)5-9/h3-5,10,15H,6-8H2,1-2H3. The minimum Gasteiger partial charge on any atom is -0.494 e. The van der Waals surface area contributed by atoms with Gasteiger partial charge < -0.3 is 14.8 Å². The number of hydrogen-bond acceptors (Lipinski definition) is 3.